The summed E-state index contributed by atoms with van der Waals surface area (Å²) in [6.45, 7) is 11.3. The number of aromatic nitrogens is 1. The summed E-state index contributed by atoms with van der Waals surface area (Å²) >= 11 is 6.05. The van der Waals surface area contributed by atoms with Crippen molar-refractivity contribution in [3.8, 4) is 0 Å². The Labute approximate surface area is 115 Å². The van der Waals surface area contributed by atoms with Gasteiger partial charge < -0.3 is 10.6 Å². The second kappa shape index (κ2) is 6.95. The van der Waals surface area contributed by atoms with Crippen LogP contribution in [-0.4, -0.2) is 18.1 Å². The molecule has 3 nitrogen and oxygen atoms in total. The van der Waals surface area contributed by atoms with E-state index in [1.165, 1.54) is 0 Å². The van der Waals surface area contributed by atoms with E-state index < -0.39 is 0 Å². The molecular weight excluding hydrogens is 246 g/mol. The molecule has 0 amide bonds. The van der Waals surface area contributed by atoms with Gasteiger partial charge >= 0.3 is 0 Å². The van der Waals surface area contributed by atoms with Crippen LogP contribution in [0.4, 0.5) is 5.82 Å². The molecule has 102 valence electrons. The minimum Gasteiger partial charge on any atom is -0.356 e. The summed E-state index contributed by atoms with van der Waals surface area (Å²) in [5.41, 5.74) is 6.65. The third kappa shape index (κ3) is 4.46. The van der Waals surface area contributed by atoms with Gasteiger partial charge in [0, 0.05) is 25.8 Å². The van der Waals surface area contributed by atoms with E-state index in [1.54, 1.807) is 6.20 Å². The molecule has 2 N–H and O–H groups in total. The van der Waals surface area contributed by atoms with Crippen molar-refractivity contribution in [1.82, 2.24) is 4.98 Å². The fourth-order valence-electron chi connectivity index (χ4n) is 1.94. The molecule has 18 heavy (non-hydrogen) atoms. The summed E-state index contributed by atoms with van der Waals surface area (Å²) in [6, 6.07) is 2.01. The fourth-order valence-corrected chi connectivity index (χ4v) is 2.12. The first kappa shape index (κ1) is 15.3. The van der Waals surface area contributed by atoms with Crippen LogP contribution in [0.1, 0.15) is 33.3 Å². The van der Waals surface area contributed by atoms with E-state index in [-0.39, 0.29) is 0 Å². The van der Waals surface area contributed by atoms with Crippen molar-refractivity contribution in [1.29, 1.82) is 0 Å². The Morgan fingerprint density at radius 3 is 2.22 bits per heavy atom. The molecule has 1 heterocycles. The number of nitrogens with two attached hydrogens (primary N) is 1. The average molecular weight is 270 g/mol. The smallest absolute Gasteiger partial charge is 0.128 e. The maximum Gasteiger partial charge on any atom is 0.128 e. The Kier molecular flexibility index (Phi) is 5.89. The zero-order valence-corrected chi connectivity index (χ0v) is 12.5. The average Bonchev–Trinajstić information content (AvgIpc) is 2.27. The molecule has 0 aliphatic carbocycles. The Hall–Kier alpha value is -0.800. The molecule has 1 rings (SSSR count). The van der Waals surface area contributed by atoms with Gasteiger partial charge in [-0.1, -0.05) is 39.3 Å². The summed E-state index contributed by atoms with van der Waals surface area (Å²) in [4.78, 5) is 6.74. The van der Waals surface area contributed by atoms with E-state index in [0.717, 1.165) is 24.5 Å². The number of hydrogen-bond acceptors (Lipinski definition) is 3. The molecule has 0 unspecified atom stereocenters. The number of nitrogens with zero attached hydrogens (tertiary/aromatic N) is 2. The van der Waals surface area contributed by atoms with Crippen LogP contribution in [0.2, 0.25) is 5.02 Å². The molecular formula is C14H24ClN3. The van der Waals surface area contributed by atoms with Crippen molar-refractivity contribution in [3.63, 3.8) is 0 Å². The standard InChI is InChI=1S/C14H24ClN3/c1-10(2)8-18(9-11(3)4)14-5-12(6-16)13(15)7-17-14/h5,7,10-11H,6,8-9,16H2,1-4H3. The molecule has 0 spiro atoms. The molecule has 0 saturated heterocycles. The highest BCUT2D eigenvalue weighted by Crippen LogP contribution is 2.21. The van der Waals surface area contributed by atoms with E-state index in [2.05, 4.69) is 37.6 Å². The van der Waals surface area contributed by atoms with Gasteiger partial charge in [-0.3, -0.25) is 0 Å². The topological polar surface area (TPSA) is 42.1 Å². The largest absolute Gasteiger partial charge is 0.356 e. The maximum absolute atomic E-state index is 6.05. The minimum atomic E-state index is 0.450. The Bertz CT molecular complexity index is 367. The van der Waals surface area contributed by atoms with Crippen molar-refractivity contribution in [2.45, 2.75) is 34.2 Å². The normalized spacial score (nSPS) is 11.3. The third-order valence-corrected chi connectivity index (χ3v) is 2.98. The van der Waals surface area contributed by atoms with Crippen LogP contribution in [0.5, 0.6) is 0 Å². The molecule has 0 radical (unpaired) electrons. The quantitative estimate of drug-likeness (QED) is 0.862. The first-order valence-electron chi connectivity index (χ1n) is 6.53. The van der Waals surface area contributed by atoms with Gasteiger partial charge in [0.15, 0.2) is 0 Å². The van der Waals surface area contributed by atoms with Gasteiger partial charge in [-0.2, -0.15) is 0 Å². The van der Waals surface area contributed by atoms with Crippen molar-refractivity contribution in [2.75, 3.05) is 18.0 Å². The first-order chi connectivity index (χ1) is 8.43. The molecule has 0 aliphatic rings. The molecule has 0 atom stereocenters. The van der Waals surface area contributed by atoms with E-state index >= 15 is 0 Å². The van der Waals surface area contributed by atoms with Crippen LogP contribution in [0, 0.1) is 11.8 Å². The lowest BCUT2D eigenvalue weighted by Crippen LogP contribution is -2.32. The molecule has 0 saturated carbocycles. The van der Waals surface area contributed by atoms with Crippen molar-refractivity contribution >= 4 is 17.4 Å². The van der Waals surface area contributed by atoms with E-state index in [4.69, 9.17) is 17.3 Å². The van der Waals surface area contributed by atoms with E-state index in [9.17, 15) is 0 Å². The Morgan fingerprint density at radius 2 is 1.78 bits per heavy atom. The van der Waals surface area contributed by atoms with Crippen LogP contribution < -0.4 is 10.6 Å². The molecule has 0 aromatic carbocycles. The highest BCUT2D eigenvalue weighted by Gasteiger charge is 2.13. The Balaban J connectivity index is 2.96. The zero-order chi connectivity index (χ0) is 13.7. The predicted octanol–water partition coefficient (Wildman–Crippen LogP) is 3.31. The SMILES string of the molecule is CC(C)CN(CC(C)C)c1cc(CN)c(Cl)cn1. The van der Waals surface area contributed by atoms with Gasteiger partial charge in [-0.25, -0.2) is 4.98 Å². The summed E-state index contributed by atoms with van der Waals surface area (Å²) in [5.74, 6) is 2.17. The maximum atomic E-state index is 6.05. The summed E-state index contributed by atoms with van der Waals surface area (Å²) in [7, 11) is 0. The highest BCUT2D eigenvalue weighted by molar-refractivity contribution is 6.31. The fraction of sp³-hybridized carbons (Fsp3) is 0.643. The molecule has 4 heteroatoms. The lowest BCUT2D eigenvalue weighted by atomic mass is 10.1. The van der Waals surface area contributed by atoms with Crippen LogP contribution in [0.15, 0.2) is 12.3 Å². The van der Waals surface area contributed by atoms with Gasteiger partial charge in [-0.05, 0) is 23.5 Å². The molecule has 0 bridgehead atoms. The number of pyridine rings is 1. The number of hydrogen-bond donors (Lipinski definition) is 1. The van der Waals surface area contributed by atoms with Crippen LogP contribution in [0.25, 0.3) is 0 Å². The summed E-state index contributed by atoms with van der Waals surface area (Å²) in [5, 5.41) is 0.648. The van der Waals surface area contributed by atoms with E-state index in [0.29, 0.717) is 23.4 Å². The van der Waals surface area contributed by atoms with Crippen LogP contribution in [-0.2, 0) is 6.54 Å². The van der Waals surface area contributed by atoms with Gasteiger partial charge in [-0.15, -0.1) is 0 Å². The summed E-state index contributed by atoms with van der Waals surface area (Å²) in [6.07, 6.45) is 1.70. The first-order valence-corrected chi connectivity index (χ1v) is 6.91. The van der Waals surface area contributed by atoms with Crippen molar-refractivity contribution in [2.24, 2.45) is 17.6 Å². The lowest BCUT2D eigenvalue weighted by molar-refractivity contribution is 0.548. The van der Waals surface area contributed by atoms with Crippen molar-refractivity contribution in [3.05, 3.63) is 22.8 Å². The number of halogens is 1. The van der Waals surface area contributed by atoms with Crippen molar-refractivity contribution < 1.29 is 0 Å². The lowest BCUT2D eigenvalue weighted by Gasteiger charge is -2.27. The Morgan fingerprint density at radius 1 is 1.22 bits per heavy atom. The number of rotatable bonds is 6. The molecule has 1 aromatic heterocycles. The van der Waals surface area contributed by atoms with Gasteiger partial charge in [0.1, 0.15) is 5.82 Å². The van der Waals surface area contributed by atoms with Crippen LogP contribution in [0.3, 0.4) is 0 Å². The van der Waals surface area contributed by atoms with E-state index in [1.807, 2.05) is 6.07 Å². The molecule has 0 fully saturated rings. The highest BCUT2D eigenvalue weighted by atomic mass is 35.5. The molecule has 1 aromatic rings. The third-order valence-electron chi connectivity index (χ3n) is 2.64. The molecule has 0 aliphatic heterocycles. The number of anilines is 1. The van der Waals surface area contributed by atoms with Gasteiger partial charge in [0.25, 0.3) is 0 Å². The minimum absolute atomic E-state index is 0.450. The van der Waals surface area contributed by atoms with Gasteiger partial charge in [0.05, 0.1) is 5.02 Å². The van der Waals surface area contributed by atoms with Gasteiger partial charge in [0.2, 0.25) is 0 Å². The second-order valence-electron chi connectivity index (χ2n) is 5.53. The monoisotopic (exact) mass is 269 g/mol. The zero-order valence-electron chi connectivity index (χ0n) is 11.8. The second-order valence-corrected chi connectivity index (χ2v) is 5.94. The predicted molar refractivity (Wildman–Crippen MR) is 79.0 cm³/mol. The van der Waals surface area contributed by atoms with Crippen LogP contribution >= 0.6 is 11.6 Å². The summed E-state index contributed by atoms with van der Waals surface area (Å²) < 4.78 is 0.